The molecule has 0 unspecified atom stereocenters. The molecule has 0 radical (unpaired) electrons. The van der Waals surface area contributed by atoms with Gasteiger partial charge in [0, 0.05) is 45.0 Å². The Morgan fingerprint density at radius 1 is 1.39 bits per heavy atom. The van der Waals surface area contributed by atoms with E-state index in [2.05, 4.69) is 16.5 Å². The molecule has 6 nitrogen and oxygen atoms in total. The fourth-order valence-electron chi connectivity index (χ4n) is 2.54. The van der Waals surface area contributed by atoms with Crippen LogP contribution in [0, 0.1) is 6.92 Å². The van der Waals surface area contributed by atoms with Crippen LogP contribution in [-0.2, 0) is 18.3 Å². The van der Waals surface area contributed by atoms with Gasteiger partial charge in [-0.3, -0.25) is 4.68 Å². The van der Waals surface area contributed by atoms with Crippen LogP contribution in [0.5, 0.6) is 0 Å². The fourth-order valence-corrected chi connectivity index (χ4v) is 2.54. The van der Waals surface area contributed by atoms with E-state index in [0.717, 1.165) is 25.2 Å². The first-order valence-corrected chi connectivity index (χ1v) is 8.10. The standard InChI is InChI=1S/C17H28N4O2/c1-13-15(12-20(5)19-13)11-18-10-14-6-8-21(9-7-14)16(22)23-17(2,3)4/h6,12,18H,7-11H2,1-5H3. The normalized spacial score (nSPS) is 15.5. The van der Waals surface area contributed by atoms with Gasteiger partial charge in [0.25, 0.3) is 0 Å². The number of carbonyl (C=O) groups excluding carboxylic acids is 1. The zero-order valence-corrected chi connectivity index (χ0v) is 14.8. The predicted octanol–water partition coefficient (Wildman–Crippen LogP) is 2.39. The van der Waals surface area contributed by atoms with E-state index < -0.39 is 5.60 Å². The molecular formula is C17H28N4O2. The summed E-state index contributed by atoms with van der Waals surface area (Å²) >= 11 is 0. The number of hydrogen-bond donors (Lipinski definition) is 1. The van der Waals surface area contributed by atoms with Crippen LogP contribution in [0.4, 0.5) is 4.79 Å². The first-order valence-electron chi connectivity index (χ1n) is 8.10. The summed E-state index contributed by atoms with van der Waals surface area (Å²) in [6, 6.07) is 0. The van der Waals surface area contributed by atoms with Crippen molar-refractivity contribution in [2.24, 2.45) is 7.05 Å². The second-order valence-electron chi connectivity index (χ2n) is 7.06. The van der Waals surface area contributed by atoms with Crippen molar-refractivity contribution in [1.82, 2.24) is 20.0 Å². The molecule has 0 aromatic carbocycles. The smallest absolute Gasteiger partial charge is 0.410 e. The van der Waals surface area contributed by atoms with Crippen molar-refractivity contribution in [3.8, 4) is 0 Å². The van der Waals surface area contributed by atoms with Gasteiger partial charge in [-0.2, -0.15) is 5.10 Å². The lowest BCUT2D eigenvalue weighted by molar-refractivity contribution is 0.0265. The van der Waals surface area contributed by atoms with Gasteiger partial charge in [0.2, 0.25) is 0 Å². The number of nitrogens with zero attached hydrogens (tertiary/aromatic N) is 3. The second kappa shape index (κ2) is 7.17. The van der Waals surface area contributed by atoms with E-state index in [0.29, 0.717) is 13.1 Å². The topological polar surface area (TPSA) is 59.4 Å². The van der Waals surface area contributed by atoms with Crippen molar-refractivity contribution in [3.05, 3.63) is 29.1 Å². The first kappa shape index (κ1) is 17.5. The highest BCUT2D eigenvalue weighted by Gasteiger charge is 2.23. The molecule has 2 heterocycles. The van der Waals surface area contributed by atoms with E-state index in [9.17, 15) is 4.79 Å². The van der Waals surface area contributed by atoms with Gasteiger partial charge in [-0.25, -0.2) is 4.79 Å². The van der Waals surface area contributed by atoms with Crippen LogP contribution in [0.2, 0.25) is 0 Å². The Hall–Kier alpha value is -1.82. The van der Waals surface area contributed by atoms with E-state index in [1.54, 1.807) is 4.90 Å². The predicted molar refractivity (Wildman–Crippen MR) is 90.2 cm³/mol. The molecule has 0 saturated heterocycles. The number of aromatic nitrogens is 2. The third-order valence-electron chi connectivity index (χ3n) is 3.74. The van der Waals surface area contributed by atoms with Gasteiger partial charge in [0.1, 0.15) is 5.60 Å². The van der Waals surface area contributed by atoms with Gasteiger partial charge in [-0.15, -0.1) is 0 Å². The Balaban J connectivity index is 1.76. The van der Waals surface area contributed by atoms with E-state index in [1.165, 1.54) is 11.1 Å². The number of hydrogen-bond acceptors (Lipinski definition) is 4. The SMILES string of the molecule is Cc1nn(C)cc1CNCC1=CCN(C(=O)OC(C)(C)C)CC1. The van der Waals surface area contributed by atoms with E-state index in [1.807, 2.05) is 45.6 Å². The van der Waals surface area contributed by atoms with Crippen molar-refractivity contribution in [3.63, 3.8) is 0 Å². The maximum atomic E-state index is 12.0. The molecule has 0 bridgehead atoms. The molecule has 6 heteroatoms. The monoisotopic (exact) mass is 320 g/mol. The van der Waals surface area contributed by atoms with Crippen LogP contribution in [0.25, 0.3) is 0 Å². The molecule has 1 aromatic rings. The van der Waals surface area contributed by atoms with Crippen molar-refractivity contribution >= 4 is 6.09 Å². The average molecular weight is 320 g/mol. The molecule has 2 rings (SSSR count). The summed E-state index contributed by atoms with van der Waals surface area (Å²) < 4.78 is 7.24. The van der Waals surface area contributed by atoms with Gasteiger partial charge in [-0.1, -0.05) is 11.6 Å². The Bertz CT molecular complexity index is 584. The highest BCUT2D eigenvalue weighted by Crippen LogP contribution is 2.15. The maximum absolute atomic E-state index is 12.0. The molecule has 0 aliphatic carbocycles. The van der Waals surface area contributed by atoms with Crippen molar-refractivity contribution in [2.45, 2.75) is 46.3 Å². The Morgan fingerprint density at radius 3 is 2.65 bits per heavy atom. The minimum Gasteiger partial charge on any atom is -0.444 e. The Labute approximate surface area is 138 Å². The summed E-state index contributed by atoms with van der Waals surface area (Å²) in [6.07, 6.45) is 4.82. The molecule has 1 amide bonds. The molecule has 1 aliphatic rings. The van der Waals surface area contributed by atoms with Crippen LogP contribution in [-0.4, -0.2) is 46.0 Å². The van der Waals surface area contributed by atoms with Gasteiger partial charge in [-0.05, 0) is 34.1 Å². The maximum Gasteiger partial charge on any atom is 0.410 e. The number of rotatable bonds is 4. The minimum atomic E-state index is -0.440. The lowest BCUT2D eigenvalue weighted by atomic mass is 10.1. The third kappa shape index (κ3) is 5.39. The molecule has 0 spiro atoms. The number of amides is 1. The van der Waals surface area contributed by atoms with Gasteiger partial charge >= 0.3 is 6.09 Å². The van der Waals surface area contributed by atoms with Crippen LogP contribution in [0.1, 0.15) is 38.4 Å². The molecule has 0 fully saturated rings. The minimum absolute atomic E-state index is 0.230. The summed E-state index contributed by atoms with van der Waals surface area (Å²) in [5.41, 5.74) is 3.18. The van der Waals surface area contributed by atoms with E-state index >= 15 is 0 Å². The number of carbonyl (C=O) groups is 1. The van der Waals surface area contributed by atoms with Crippen molar-refractivity contribution in [2.75, 3.05) is 19.6 Å². The lowest BCUT2D eigenvalue weighted by Gasteiger charge is -2.29. The lowest BCUT2D eigenvalue weighted by Crippen LogP contribution is -2.39. The fraction of sp³-hybridized carbons (Fsp3) is 0.647. The number of nitrogens with one attached hydrogen (secondary N) is 1. The van der Waals surface area contributed by atoms with Crippen LogP contribution < -0.4 is 5.32 Å². The van der Waals surface area contributed by atoms with Gasteiger partial charge < -0.3 is 15.0 Å². The molecule has 1 N–H and O–H groups in total. The largest absolute Gasteiger partial charge is 0.444 e. The molecule has 1 aromatic heterocycles. The molecular weight excluding hydrogens is 292 g/mol. The summed E-state index contributed by atoms with van der Waals surface area (Å²) in [5.74, 6) is 0. The van der Waals surface area contributed by atoms with Gasteiger partial charge in [0.15, 0.2) is 0 Å². The zero-order chi connectivity index (χ0) is 17.0. The number of aryl methyl sites for hydroxylation is 2. The third-order valence-corrected chi connectivity index (χ3v) is 3.74. The summed E-state index contributed by atoms with van der Waals surface area (Å²) in [4.78, 5) is 13.8. The van der Waals surface area contributed by atoms with E-state index in [-0.39, 0.29) is 6.09 Å². The Morgan fingerprint density at radius 2 is 2.13 bits per heavy atom. The Kier molecular flexibility index (Phi) is 5.46. The number of ether oxygens (including phenoxy) is 1. The average Bonchev–Trinajstić information content (AvgIpc) is 2.76. The molecule has 1 aliphatic heterocycles. The quantitative estimate of drug-likeness (QED) is 0.866. The molecule has 0 atom stereocenters. The van der Waals surface area contributed by atoms with Crippen molar-refractivity contribution < 1.29 is 9.53 Å². The first-order chi connectivity index (χ1) is 10.7. The highest BCUT2D eigenvalue weighted by atomic mass is 16.6. The zero-order valence-electron chi connectivity index (χ0n) is 14.8. The van der Waals surface area contributed by atoms with Crippen LogP contribution >= 0.6 is 0 Å². The molecule has 0 saturated carbocycles. The van der Waals surface area contributed by atoms with Crippen molar-refractivity contribution in [1.29, 1.82) is 0 Å². The molecule has 23 heavy (non-hydrogen) atoms. The highest BCUT2D eigenvalue weighted by molar-refractivity contribution is 5.68. The second-order valence-corrected chi connectivity index (χ2v) is 7.06. The van der Waals surface area contributed by atoms with Gasteiger partial charge in [0.05, 0.1) is 5.69 Å². The molecule has 128 valence electrons. The van der Waals surface area contributed by atoms with Crippen LogP contribution in [0.3, 0.4) is 0 Å². The summed E-state index contributed by atoms with van der Waals surface area (Å²) in [6.45, 7) is 10.7. The van der Waals surface area contributed by atoms with E-state index in [4.69, 9.17) is 4.74 Å². The summed E-state index contributed by atoms with van der Waals surface area (Å²) in [7, 11) is 1.94. The summed E-state index contributed by atoms with van der Waals surface area (Å²) in [5, 5.41) is 7.79. The van der Waals surface area contributed by atoms with Crippen LogP contribution in [0.15, 0.2) is 17.8 Å².